The van der Waals surface area contributed by atoms with Gasteiger partial charge in [-0.2, -0.15) is 4.99 Å². The average molecular weight is 177 g/mol. The number of aliphatic imine (C=N–C) groups is 1. The Hall–Kier alpha value is -1.64. The molecule has 0 atom stereocenters. The summed E-state index contributed by atoms with van der Waals surface area (Å²) in [5, 5.41) is 0. The van der Waals surface area contributed by atoms with Crippen molar-refractivity contribution in [2.75, 3.05) is 7.11 Å². The number of methoxy groups -OCH3 is 1. The third-order valence-corrected chi connectivity index (χ3v) is 1.63. The highest BCUT2D eigenvalue weighted by Crippen LogP contribution is 2.01. The van der Waals surface area contributed by atoms with Crippen molar-refractivity contribution in [1.29, 1.82) is 0 Å². The Bertz CT molecular complexity index is 317. The second-order valence-electron chi connectivity index (χ2n) is 2.53. The lowest BCUT2D eigenvalue weighted by Crippen LogP contribution is -2.00. The summed E-state index contributed by atoms with van der Waals surface area (Å²) in [5.41, 5.74) is 1.58. The summed E-state index contributed by atoms with van der Waals surface area (Å²) in [5.74, 6) is 0. The molecule has 1 aromatic rings. The van der Waals surface area contributed by atoms with Crippen LogP contribution in [0.5, 0.6) is 0 Å². The Kier molecular flexibility index (Phi) is 3.20. The molecule has 0 aliphatic rings. The van der Waals surface area contributed by atoms with Gasteiger partial charge in [-0.1, -0.05) is 30.3 Å². The number of carbonyl (C=O) groups excluding carboxylic acids is 1. The summed E-state index contributed by atoms with van der Waals surface area (Å²) in [6, 6.07) is 9.48. The van der Waals surface area contributed by atoms with E-state index >= 15 is 0 Å². The minimum atomic E-state index is -0.568. The first kappa shape index (κ1) is 9.45. The molecule has 3 nitrogen and oxygen atoms in total. The first-order valence-electron chi connectivity index (χ1n) is 3.92. The maximum atomic E-state index is 10.8. The van der Waals surface area contributed by atoms with Crippen LogP contribution < -0.4 is 0 Å². The molecule has 0 spiro atoms. The van der Waals surface area contributed by atoms with E-state index in [0.29, 0.717) is 5.71 Å². The lowest BCUT2D eigenvalue weighted by molar-refractivity contribution is 0.182. The van der Waals surface area contributed by atoms with Gasteiger partial charge in [0.15, 0.2) is 0 Å². The zero-order chi connectivity index (χ0) is 9.68. The Balaban J connectivity index is 2.85. The summed E-state index contributed by atoms with van der Waals surface area (Å²) in [6.07, 6.45) is -0.568. The molecular weight excluding hydrogens is 166 g/mol. The van der Waals surface area contributed by atoms with Crippen molar-refractivity contribution in [1.82, 2.24) is 0 Å². The molecule has 0 heterocycles. The van der Waals surface area contributed by atoms with Gasteiger partial charge in [-0.3, -0.25) is 0 Å². The van der Waals surface area contributed by atoms with E-state index in [0.717, 1.165) is 5.56 Å². The predicted octanol–water partition coefficient (Wildman–Crippen LogP) is 2.26. The number of amides is 1. The molecule has 0 aliphatic heterocycles. The van der Waals surface area contributed by atoms with E-state index in [4.69, 9.17) is 0 Å². The van der Waals surface area contributed by atoms with Crippen molar-refractivity contribution in [3.8, 4) is 0 Å². The molecule has 0 unspecified atom stereocenters. The average Bonchev–Trinajstić information content (AvgIpc) is 2.19. The standard InChI is InChI=1S/C10H11NO2/c1-8(11-10(12)13-2)9-6-4-3-5-7-9/h3-7H,1-2H3. The summed E-state index contributed by atoms with van der Waals surface area (Å²) in [7, 11) is 1.31. The quantitative estimate of drug-likeness (QED) is 0.617. The second kappa shape index (κ2) is 4.40. The van der Waals surface area contributed by atoms with Gasteiger partial charge < -0.3 is 4.74 Å². The van der Waals surface area contributed by atoms with E-state index < -0.39 is 6.09 Å². The van der Waals surface area contributed by atoms with Gasteiger partial charge in [0, 0.05) is 0 Å². The zero-order valence-electron chi connectivity index (χ0n) is 7.65. The topological polar surface area (TPSA) is 38.7 Å². The number of rotatable bonds is 1. The third-order valence-electron chi connectivity index (χ3n) is 1.63. The maximum absolute atomic E-state index is 10.8. The van der Waals surface area contributed by atoms with E-state index in [1.54, 1.807) is 6.92 Å². The van der Waals surface area contributed by atoms with Crippen LogP contribution in [0.1, 0.15) is 12.5 Å². The molecule has 0 fully saturated rings. The smallest absolute Gasteiger partial charge is 0.433 e. The SMILES string of the molecule is COC(=O)N=C(C)c1ccccc1. The number of carbonyl (C=O) groups is 1. The number of benzene rings is 1. The van der Waals surface area contributed by atoms with Crippen LogP contribution in [0.3, 0.4) is 0 Å². The number of ether oxygens (including phenoxy) is 1. The first-order valence-corrected chi connectivity index (χ1v) is 3.92. The monoisotopic (exact) mass is 177 g/mol. The van der Waals surface area contributed by atoms with Crippen LogP contribution in [0, 0.1) is 0 Å². The van der Waals surface area contributed by atoms with Crippen LogP contribution >= 0.6 is 0 Å². The minimum Gasteiger partial charge on any atom is -0.451 e. The Labute approximate surface area is 77.1 Å². The summed E-state index contributed by atoms with van der Waals surface area (Å²) in [6.45, 7) is 1.77. The van der Waals surface area contributed by atoms with E-state index in [9.17, 15) is 4.79 Å². The number of hydrogen-bond donors (Lipinski definition) is 0. The molecule has 1 aromatic carbocycles. The molecule has 3 heteroatoms. The van der Waals surface area contributed by atoms with Crippen LogP contribution in [0.4, 0.5) is 4.79 Å². The largest absolute Gasteiger partial charge is 0.451 e. The number of hydrogen-bond acceptors (Lipinski definition) is 2. The molecule has 0 aromatic heterocycles. The molecular formula is C10H11NO2. The lowest BCUT2D eigenvalue weighted by Gasteiger charge is -1.98. The molecule has 68 valence electrons. The van der Waals surface area contributed by atoms with Gasteiger partial charge in [-0.25, -0.2) is 4.79 Å². The predicted molar refractivity (Wildman–Crippen MR) is 51.1 cm³/mol. The van der Waals surface area contributed by atoms with Crippen LogP contribution in [0.15, 0.2) is 35.3 Å². The van der Waals surface area contributed by atoms with E-state index in [1.165, 1.54) is 7.11 Å². The maximum Gasteiger partial charge on any atom is 0.433 e. The molecule has 0 saturated heterocycles. The van der Waals surface area contributed by atoms with Crippen molar-refractivity contribution < 1.29 is 9.53 Å². The molecule has 1 amide bonds. The zero-order valence-corrected chi connectivity index (χ0v) is 7.65. The Morgan fingerprint density at radius 3 is 2.46 bits per heavy atom. The van der Waals surface area contributed by atoms with Gasteiger partial charge in [0.05, 0.1) is 12.8 Å². The Morgan fingerprint density at radius 2 is 1.92 bits per heavy atom. The first-order chi connectivity index (χ1) is 6.24. The van der Waals surface area contributed by atoms with E-state index in [1.807, 2.05) is 30.3 Å². The van der Waals surface area contributed by atoms with E-state index in [2.05, 4.69) is 9.73 Å². The fraction of sp³-hybridized carbons (Fsp3) is 0.200. The van der Waals surface area contributed by atoms with Gasteiger partial charge in [0.2, 0.25) is 0 Å². The molecule has 0 bridgehead atoms. The molecule has 0 N–H and O–H groups in total. The van der Waals surface area contributed by atoms with Crippen molar-refractivity contribution in [3.05, 3.63) is 35.9 Å². The van der Waals surface area contributed by atoms with Crippen LogP contribution in [0.2, 0.25) is 0 Å². The van der Waals surface area contributed by atoms with Gasteiger partial charge in [-0.15, -0.1) is 0 Å². The lowest BCUT2D eigenvalue weighted by atomic mass is 10.1. The highest BCUT2D eigenvalue weighted by Gasteiger charge is 1.99. The van der Waals surface area contributed by atoms with Crippen molar-refractivity contribution in [2.45, 2.75) is 6.92 Å². The van der Waals surface area contributed by atoms with Gasteiger partial charge in [0.1, 0.15) is 0 Å². The molecule has 0 radical (unpaired) electrons. The third kappa shape index (κ3) is 2.71. The second-order valence-corrected chi connectivity index (χ2v) is 2.53. The van der Waals surface area contributed by atoms with Crippen molar-refractivity contribution >= 4 is 11.8 Å². The van der Waals surface area contributed by atoms with Crippen molar-refractivity contribution in [3.63, 3.8) is 0 Å². The molecule has 0 aliphatic carbocycles. The van der Waals surface area contributed by atoms with Gasteiger partial charge >= 0.3 is 6.09 Å². The van der Waals surface area contributed by atoms with Gasteiger partial charge in [0.25, 0.3) is 0 Å². The molecule has 0 saturated carbocycles. The van der Waals surface area contributed by atoms with Crippen molar-refractivity contribution in [2.24, 2.45) is 4.99 Å². The fourth-order valence-electron chi connectivity index (χ4n) is 0.926. The number of nitrogens with zero attached hydrogens (tertiary/aromatic N) is 1. The summed E-state index contributed by atoms with van der Waals surface area (Å²) in [4.78, 5) is 14.5. The van der Waals surface area contributed by atoms with Crippen LogP contribution in [-0.2, 0) is 4.74 Å². The Morgan fingerprint density at radius 1 is 1.31 bits per heavy atom. The highest BCUT2D eigenvalue weighted by molar-refractivity contribution is 6.03. The van der Waals surface area contributed by atoms with Crippen LogP contribution in [-0.4, -0.2) is 18.9 Å². The normalized spacial score (nSPS) is 11.1. The van der Waals surface area contributed by atoms with E-state index in [-0.39, 0.29) is 0 Å². The van der Waals surface area contributed by atoms with Crippen LogP contribution in [0.25, 0.3) is 0 Å². The fourth-order valence-corrected chi connectivity index (χ4v) is 0.926. The molecule has 13 heavy (non-hydrogen) atoms. The highest BCUT2D eigenvalue weighted by atomic mass is 16.5. The summed E-state index contributed by atoms with van der Waals surface area (Å²) < 4.78 is 4.42. The minimum absolute atomic E-state index is 0.568. The van der Waals surface area contributed by atoms with Gasteiger partial charge in [-0.05, 0) is 12.5 Å². The molecule has 1 rings (SSSR count). The summed E-state index contributed by atoms with van der Waals surface area (Å²) >= 11 is 0.